The monoisotopic (exact) mass is 342 g/mol. The van der Waals surface area contributed by atoms with Crippen molar-refractivity contribution in [3.05, 3.63) is 52.5 Å². The molecule has 0 atom stereocenters. The third-order valence-corrected chi connectivity index (χ3v) is 4.69. The van der Waals surface area contributed by atoms with Crippen LogP contribution < -0.4 is 0 Å². The Hall–Kier alpha value is -1.36. The van der Waals surface area contributed by atoms with E-state index < -0.39 is 15.1 Å². The van der Waals surface area contributed by atoms with Crippen LogP contribution in [0.5, 0.6) is 0 Å². The normalized spacial score (nSPS) is 11.4. The molecule has 2 aromatic rings. The molecule has 0 saturated heterocycles. The summed E-state index contributed by atoms with van der Waals surface area (Å²) in [6.45, 7) is 1.71. The molecular formula is C15H12Cl2O3S. The lowest BCUT2D eigenvalue weighted by atomic mass is 10.00. The Labute approximate surface area is 133 Å². The maximum Gasteiger partial charge on any atom is 0.252 e. The molecule has 0 heterocycles. The smallest absolute Gasteiger partial charge is 0.252 e. The van der Waals surface area contributed by atoms with Gasteiger partial charge < -0.3 is 0 Å². The average molecular weight is 343 g/mol. The van der Waals surface area contributed by atoms with Crippen LogP contribution in [0, 0.1) is 6.92 Å². The van der Waals surface area contributed by atoms with Gasteiger partial charge in [-0.15, -0.1) is 0 Å². The molecule has 0 aliphatic heterocycles. The van der Waals surface area contributed by atoms with Gasteiger partial charge in [0.05, 0.1) is 4.90 Å². The zero-order valence-electron chi connectivity index (χ0n) is 11.4. The summed E-state index contributed by atoms with van der Waals surface area (Å²) in [6, 6.07) is 9.79. The highest BCUT2D eigenvalue weighted by atomic mass is 35.5. The van der Waals surface area contributed by atoms with Gasteiger partial charge in [0.1, 0.15) is 0 Å². The lowest BCUT2D eigenvalue weighted by Crippen LogP contribution is -2.04. The summed E-state index contributed by atoms with van der Waals surface area (Å²) in [5.41, 5.74) is 2.03. The zero-order chi connectivity index (χ0) is 15.8. The van der Waals surface area contributed by atoms with Crippen LogP contribution in [0.1, 0.15) is 15.9 Å². The Morgan fingerprint density at radius 3 is 2.14 bits per heavy atom. The summed E-state index contributed by atoms with van der Waals surface area (Å²) < 4.78 is 24.0. The van der Waals surface area contributed by atoms with E-state index in [9.17, 15) is 13.2 Å². The second kappa shape index (κ2) is 5.79. The van der Waals surface area contributed by atoms with Crippen LogP contribution in [-0.2, 0) is 9.84 Å². The molecule has 0 aliphatic rings. The third kappa shape index (κ3) is 3.46. The summed E-state index contributed by atoms with van der Waals surface area (Å²) in [5, 5.41) is -0.121. The molecule has 0 aliphatic carbocycles. The quantitative estimate of drug-likeness (QED) is 0.789. The van der Waals surface area contributed by atoms with Gasteiger partial charge in [-0.05, 0) is 53.9 Å². The standard InChI is InChI=1S/C15H12Cl2O3S/c1-9-7-13(10-3-5-11(16)6-4-10)14(21(2,19)20)8-12(9)15(17)18/h3-8H,1-2H3. The molecule has 0 radical (unpaired) electrons. The van der Waals surface area contributed by atoms with Crippen molar-refractivity contribution in [2.75, 3.05) is 6.26 Å². The predicted molar refractivity (Wildman–Crippen MR) is 84.9 cm³/mol. The maximum absolute atomic E-state index is 12.0. The Morgan fingerprint density at radius 2 is 1.67 bits per heavy atom. The Kier molecular flexibility index (Phi) is 4.42. The van der Waals surface area contributed by atoms with Gasteiger partial charge in [-0.3, -0.25) is 4.79 Å². The van der Waals surface area contributed by atoms with Gasteiger partial charge in [-0.2, -0.15) is 0 Å². The number of rotatable bonds is 3. The third-order valence-electron chi connectivity index (χ3n) is 3.09. The van der Waals surface area contributed by atoms with Crippen LogP contribution in [0.15, 0.2) is 41.3 Å². The van der Waals surface area contributed by atoms with Crippen LogP contribution in [-0.4, -0.2) is 19.9 Å². The van der Waals surface area contributed by atoms with Gasteiger partial charge in [0.25, 0.3) is 5.24 Å². The van der Waals surface area contributed by atoms with Crippen molar-refractivity contribution < 1.29 is 13.2 Å². The van der Waals surface area contributed by atoms with Gasteiger partial charge in [0, 0.05) is 22.4 Å². The van der Waals surface area contributed by atoms with Gasteiger partial charge in [-0.1, -0.05) is 23.7 Å². The summed E-state index contributed by atoms with van der Waals surface area (Å²) in [5.74, 6) is 0. The number of carbonyl (C=O) groups excluding carboxylic acids is 1. The van der Waals surface area contributed by atoms with E-state index in [1.165, 1.54) is 6.07 Å². The first-order valence-corrected chi connectivity index (χ1v) is 8.65. The molecule has 21 heavy (non-hydrogen) atoms. The highest BCUT2D eigenvalue weighted by Gasteiger charge is 2.19. The molecule has 2 rings (SSSR count). The molecule has 2 aromatic carbocycles. The SMILES string of the molecule is Cc1cc(-c2ccc(Cl)cc2)c(S(C)(=O)=O)cc1C(=O)Cl. The molecule has 0 aromatic heterocycles. The molecule has 0 spiro atoms. The molecule has 0 unspecified atom stereocenters. The molecule has 0 N–H and O–H groups in total. The number of halogens is 2. The molecule has 3 nitrogen and oxygen atoms in total. The van der Waals surface area contributed by atoms with Crippen LogP contribution in [0.2, 0.25) is 5.02 Å². The largest absolute Gasteiger partial charge is 0.276 e. The molecular weight excluding hydrogens is 331 g/mol. The van der Waals surface area contributed by atoms with Gasteiger partial charge >= 0.3 is 0 Å². The van der Waals surface area contributed by atoms with E-state index >= 15 is 0 Å². The minimum atomic E-state index is -3.51. The molecule has 110 valence electrons. The number of benzene rings is 2. The number of carbonyl (C=O) groups is 1. The number of aryl methyl sites for hydroxylation is 1. The molecule has 0 amide bonds. The molecule has 0 fully saturated rings. The van der Waals surface area contributed by atoms with E-state index in [4.69, 9.17) is 23.2 Å². The van der Waals surface area contributed by atoms with Crippen molar-refractivity contribution in [2.45, 2.75) is 11.8 Å². The van der Waals surface area contributed by atoms with Crippen molar-refractivity contribution in [3.63, 3.8) is 0 Å². The fourth-order valence-electron chi connectivity index (χ4n) is 2.06. The lowest BCUT2D eigenvalue weighted by molar-refractivity contribution is 0.108. The average Bonchev–Trinajstić information content (AvgIpc) is 2.37. The van der Waals surface area contributed by atoms with E-state index in [2.05, 4.69) is 0 Å². The number of hydrogen-bond donors (Lipinski definition) is 0. The minimum absolute atomic E-state index is 0.0689. The van der Waals surface area contributed by atoms with Crippen molar-refractivity contribution in [1.29, 1.82) is 0 Å². The minimum Gasteiger partial charge on any atom is -0.276 e. The topological polar surface area (TPSA) is 51.2 Å². The van der Waals surface area contributed by atoms with Crippen molar-refractivity contribution in [2.24, 2.45) is 0 Å². The van der Waals surface area contributed by atoms with Crippen molar-refractivity contribution in [1.82, 2.24) is 0 Å². The zero-order valence-corrected chi connectivity index (χ0v) is 13.7. The highest BCUT2D eigenvalue weighted by molar-refractivity contribution is 7.90. The van der Waals surface area contributed by atoms with Crippen molar-refractivity contribution in [3.8, 4) is 11.1 Å². The molecule has 0 saturated carbocycles. The first kappa shape index (κ1) is 16.0. The lowest BCUT2D eigenvalue weighted by Gasteiger charge is -2.12. The molecule has 6 heteroatoms. The second-order valence-corrected chi connectivity index (χ2v) is 7.48. The first-order valence-electron chi connectivity index (χ1n) is 6.00. The van der Waals surface area contributed by atoms with Crippen molar-refractivity contribution >= 4 is 38.3 Å². The Balaban J connectivity index is 2.79. The molecule has 0 bridgehead atoms. The van der Waals surface area contributed by atoms with E-state index in [1.807, 2.05) is 0 Å². The highest BCUT2D eigenvalue weighted by Crippen LogP contribution is 2.31. The summed E-state index contributed by atoms with van der Waals surface area (Å²) in [6.07, 6.45) is 1.10. The second-order valence-electron chi connectivity index (χ2n) is 4.72. The van der Waals surface area contributed by atoms with E-state index in [0.717, 1.165) is 6.26 Å². The van der Waals surface area contributed by atoms with Crippen LogP contribution in [0.3, 0.4) is 0 Å². The van der Waals surface area contributed by atoms with Gasteiger partial charge in [0.15, 0.2) is 9.84 Å². The fraction of sp³-hybridized carbons (Fsp3) is 0.133. The van der Waals surface area contributed by atoms with Gasteiger partial charge in [0.2, 0.25) is 0 Å². The Morgan fingerprint density at radius 1 is 1.10 bits per heavy atom. The number of hydrogen-bond acceptors (Lipinski definition) is 3. The summed E-state index contributed by atoms with van der Waals surface area (Å²) >= 11 is 11.3. The number of sulfone groups is 1. The maximum atomic E-state index is 12.0. The van der Waals surface area contributed by atoms with Crippen LogP contribution in [0.4, 0.5) is 0 Å². The van der Waals surface area contributed by atoms with Crippen LogP contribution in [0.25, 0.3) is 11.1 Å². The first-order chi connectivity index (χ1) is 9.70. The Bertz CT molecular complexity index is 810. The van der Waals surface area contributed by atoms with E-state index in [-0.39, 0.29) is 10.5 Å². The van der Waals surface area contributed by atoms with Crippen LogP contribution >= 0.6 is 23.2 Å². The van der Waals surface area contributed by atoms with Gasteiger partial charge in [-0.25, -0.2) is 8.42 Å². The predicted octanol–water partition coefficient (Wildman–Crippen LogP) is 4.10. The van der Waals surface area contributed by atoms with E-state index in [0.29, 0.717) is 21.7 Å². The fourth-order valence-corrected chi connectivity index (χ4v) is 3.30. The summed E-state index contributed by atoms with van der Waals surface area (Å²) in [7, 11) is -3.51. The summed E-state index contributed by atoms with van der Waals surface area (Å²) in [4.78, 5) is 11.5. The van der Waals surface area contributed by atoms with E-state index in [1.54, 1.807) is 37.3 Å².